The minimum atomic E-state index is -0.853. The summed E-state index contributed by atoms with van der Waals surface area (Å²) in [5, 5.41) is 11.9. The highest BCUT2D eigenvalue weighted by Crippen LogP contribution is 2.33. The van der Waals surface area contributed by atoms with Crippen molar-refractivity contribution in [3.05, 3.63) is 0 Å². The summed E-state index contributed by atoms with van der Waals surface area (Å²) >= 11 is 0. The van der Waals surface area contributed by atoms with Crippen molar-refractivity contribution < 1.29 is 19.4 Å². The molecule has 0 spiro atoms. The van der Waals surface area contributed by atoms with Crippen molar-refractivity contribution in [2.45, 2.75) is 51.5 Å². The van der Waals surface area contributed by atoms with E-state index in [2.05, 4.69) is 5.32 Å². The Balaban J connectivity index is 2.67. The quantitative estimate of drug-likeness (QED) is 0.736. The Labute approximate surface area is 102 Å². The minimum absolute atomic E-state index is 0.127. The predicted octanol–water partition coefficient (Wildman–Crippen LogP) is 1.23. The molecule has 100 valence electrons. The van der Waals surface area contributed by atoms with Crippen molar-refractivity contribution >= 4 is 5.97 Å². The van der Waals surface area contributed by atoms with E-state index in [4.69, 9.17) is 14.6 Å². The van der Waals surface area contributed by atoms with Gasteiger partial charge in [-0.15, -0.1) is 0 Å². The molecule has 1 saturated heterocycles. The van der Waals surface area contributed by atoms with Crippen LogP contribution in [0.2, 0.25) is 0 Å². The van der Waals surface area contributed by atoms with Crippen molar-refractivity contribution in [3.8, 4) is 0 Å². The summed E-state index contributed by atoms with van der Waals surface area (Å²) in [6, 6.07) is -0.604. The van der Waals surface area contributed by atoms with Gasteiger partial charge in [0.1, 0.15) is 6.04 Å². The van der Waals surface area contributed by atoms with Crippen LogP contribution < -0.4 is 5.32 Å². The van der Waals surface area contributed by atoms with Crippen LogP contribution in [0.3, 0.4) is 0 Å². The number of carbonyl (C=O) groups is 1. The molecule has 1 aliphatic rings. The van der Waals surface area contributed by atoms with E-state index in [0.29, 0.717) is 6.61 Å². The second-order valence-corrected chi connectivity index (χ2v) is 4.55. The summed E-state index contributed by atoms with van der Waals surface area (Å²) in [6.45, 7) is 6.38. The SMILES string of the molecule is CCC1(CC)OCC([C@H](C)C(NC)C(=O)O)O1. The molecule has 0 aromatic heterocycles. The highest BCUT2D eigenvalue weighted by Gasteiger charge is 2.43. The topological polar surface area (TPSA) is 67.8 Å². The average molecular weight is 245 g/mol. The van der Waals surface area contributed by atoms with Crippen LogP contribution in [-0.4, -0.2) is 42.7 Å². The Bertz CT molecular complexity index is 265. The van der Waals surface area contributed by atoms with Gasteiger partial charge in [-0.05, 0) is 19.9 Å². The van der Waals surface area contributed by atoms with Crippen molar-refractivity contribution in [2.24, 2.45) is 5.92 Å². The van der Waals surface area contributed by atoms with Gasteiger partial charge in [0.05, 0.1) is 12.7 Å². The first-order valence-electron chi connectivity index (χ1n) is 6.21. The number of carboxylic acids is 1. The van der Waals surface area contributed by atoms with Crippen LogP contribution in [0, 0.1) is 5.92 Å². The second-order valence-electron chi connectivity index (χ2n) is 4.55. The standard InChI is InChI=1S/C12H23NO4/c1-5-12(6-2)16-7-9(17-12)8(3)10(13-4)11(14)15/h8-10,13H,5-7H2,1-4H3,(H,14,15)/t8-,9?,10?/m0/s1. The number of hydrogen-bond acceptors (Lipinski definition) is 4. The molecule has 2 unspecified atom stereocenters. The summed E-state index contributed by atoms with van der Waals surface area (Å²) in [5.41, 5.74) is 0. The zero-order chi connectivity index (χ0) is 13.1. The highest BCUT2D eigenvalue weighted by atomic mass is 16.7. The van der Waals surface area contributed by atoms with Gasteiger partial charge in [0.25, 0.3) is 0 Å². The molecule has 0 amide bonds. The van der Waals surface area contributed by atoms with Crippen LogP contribution in [0.4, 0.5) is 0 Å². The van der Waals surface area contributed by atoms with Crippen molar-refractivity contribution in [2.75, 3.05) is 13.7 Å². The largest absolute Gasteiger partial charge is 0.480 e. The molecule has 0 saturated carbocycles. The number of rotatable bonds is 6. The van der Waals surface area contributed by atoms with E-state index in [1.54, 1.807) is 7.05 Å². The Morgan fingerprint density at radius 2 is 2.12 bits per heavy atom. The van der Waals surface area contributed by atoms with Crippen LogP contribution >= 0.6 is 0 Å². The lowest BCUT2D eigenvalue weighted by Crippen LogP contribution is -2.45. The molecule has 1 aliphatic heterocycles. The van der Waals surface area contributed by atoms with E-state index < -0.39 is 17.8 Å². The lowest BCUT2D eigenvalue weighted by atomic mass is 9.96. The molecule has 2 N–H and O–H groups in total. The number of aliphatic carboxylic acids is 1. The molecule has 0 bridgehead atoms. The maximum Gasteiger partial charge on any atom is 0.321 e. The maximum absolute atomic E-state index is 11.1. The van der Waals surface area contributed by atoms with Gasteiger partial charge >= 0.3 is 5.97 Å². The van der Waals surface area contributed by atoms with Gasteiger partial charge in [0.15, 0.2) is 5.79 Å². The van der Waals surface area contributed by atoms with E-state index >= 15 is 0 Å². The third-order valence-corrected chi connectivity index (χ3v) is 3.64. The third-order valence-electron chi connectivity index (χ3n) is 3.64. The Morgan fingerprint density at radius 3 is 2.47 bits per heavy atom. The fourth-order valence-electron chi connectivity index (χ4n) is 2.28. The first kappa shape index (κ1) is 14.4. The Hall–Kier alpha value is -0.650. The zero-order valence-electron chi connectivity index (χ0n) is 11.0. The maximum atomic E-state index is 11.1. The molecular formula is C12H23NO4. The molecule has 0 radical (unpaired) electrons. The Kier molecular flexibility index (Phi) is 4.91. The van der Waals surface area contributed by atoms with Crippen molar-refractivity contribution in [1.82, 2.24) is 5.32 Å². The monoisotopic (exact) mass is 245 g/mol. The molecule has 17 heavy (non-hydrogen) atoms. The molecular weight excluding hydrogens is 222 g/mol. The number of carboxylic acid groups (broad SMARTS) is 1. The summed E-state index contributed by atoms with van der Waals surface area (Å²) in [6.07, 6.45) is 1.40. The molecule has 1 rings (SSSR count). The average Bonchev–Trinajstić information content (AvgIpc) is 2.74. The number of likely N-dealkylation sites (N-methyl/N-ethyl adjacent to an activating group) is 1. The molecule has 0 aliphatic carbocycles. The van der Waals surface area contributed by atoms with Crippen LogP contribution in [0.1, 0.15) is 33.6 Å². The fourth-order valence-corrected chi connectivity index (χ4v) is 2.28. The molecule has 5 nitrogen and oxygen atoms in total. The number of ether oxygens (including phenoxy) is 2. The highest BCUT2D eigenvalue weighted by molar-refractivity contribution is 5.73. The zero-order valence-corrected chi connectivity index (χ0v) is 11.0. The van der Waals surface area contributed by atoms with Gasteiger partial charge in [0.2, 0.25) is 0 Å². The Morgan fingerprint density at radius 1 is 1.53 bits per heavy atom. The molecule has 3 atom stereocenters. The van der Waals surface area contributed by atoms with E-state index in [-0.39, 0.29) is 12.0 Å². The van der Waals surface area contributed by atoms with Crippen LogP contribution in [0.25, 0.3) is 0 Å². The van der Waals surface area contributed by atoms with Gasteiger partial charge in [-0.3, -0.25) is 4.79 Å². The van der Waals surface area contributed by atoms with Gasteiger partial charge < -0.3 is 19.9 Å². The van der Waals surface area contributed by atoms with Gasteiger partial charge in [-0.1, -0.05) is 20.8 Å². The fraction of sp³-hybridized carbons (Fsp3) is 0.917. The second kappa shape index (κ2) is 5.80. The van der Waals surface area contributed by atoms with Crippen LogP contribution in [0.15, 0.2) is 0 Å². The van der Waals surface area contributed by atoms with E-state index in [1.165, 1.54) is 0 Å². The van der Waals surface area contributed by atoms with E-state index in [1.807, 2.05) is 20.8 Å². The predicted molar refractivity (Wildman–Crippen MR) is 63.8 cm³/mol. The third kappa shape index (κ3) is 2.97. The minimum Gasteiger partial charge on any atom is -0.480 e. The van der Waals surface area contributed by atoms with E-state index in [0.717, 1.165) is 12.8 Å². The van der Waals surface area contributed by atoms with Gasteiger partial charge in [0, 0.05) is 5.92 Å². The molecule has 1 fully saturated rings. The van der Waals surface area contributed by atoms with Gasteiger partial charge in [-0.2, -0.15) is 0 Å². The first-order valence-corrected chi connectivity index (χ1v) is 6.21. The molecule has 0 aromatic rings. The van der Waals surface area contributed by atoms with Crippen LogP contribution in [-0.2, 0) is 14.3 Å². The van der Waals surface area contributed by atoms with E-state index in [9.17, 15) is 4.79 Å². The van der Waals surface area contributed by atoms with Crippen LogP contribution in [0.5, 0.6) is 0 Å². The summed E-state index contributed by atoms with van der Waals surface area (Å²) in [5.74, 6) is -1.50. The molecule has 1 heterocycles. The lowest BCUT2D eigenvalue weighted by molar-refractivity contribution is -0.178. The lowest BCUT2D eigenvalue weighted by Gasteiger charge is -2.28. The number of hydrogen-bond donors (Lipinski definition) is 2. The van der Waals surface area contributed by atoms with Gasteiger partial charge in [-0.25, -0.2) is 0 Å². The normalized spacial score (nSPS) is 26.7. The summed E-state index contributed by atoms with van der Waals surface area (Å²) < 4.78 is 11.6. The van der Waals surface area contributed by atoms with Crippen molar-refractivity contribution in [1.29, 1.82) is 0 Å². The molecule has 5 heteroatoms. The summed E-state index contributed by atoms with van der Waals surface area (Å²) in [4.78, 5) is 11.1. The summed E-state index contributed by atoms with van der Waals surface area (Å²) in [7, 11) is 1.65. The first-order chi connectivity index (χ1) is 7.99. The smallest absolute Gasteiger partial charge is 0.321 e. The number of nitrogens with one attached hydrogen (secondary N) is 1. The molecule has 0 aromatic carbocycles. The van der Waals surface area contributed by atoms with Crippen molar-refractivity contribution in [3.63, 3.8) is 0 Å².